The highest BCUT2D eigenvalue weighted by Crippen LogP contribution is 2.34. The van der Waals surface area contributed by atoms with E-state index in [4.69, 9.17) is 32.7 Å². The van der Waals surface area contributed by atoms with Gasteiger partial charge in [-0.05, 0) is 29.8 Å². The zero-order valence-electron chi connectivity index (χ0n) is 11.6. The number of nitrogens with one attached hydrogen (secondary N) is 1. The van der Waals surface area contributed by atoms with Gasteiger partial charge in [-0.25, -0.2) is 0 Å². The molecular formula is C16H15Cl2NO2. The molecule has 0 amide bonds. The van der Waals surface area contributed by atoms with Crippen molar-refractivity contribution in [2.45, 2.75) is 13.0 Å². The lowest BCUT2D eigenvalue weighted by molar-refractivity contribution is 0.354. The van der Waals surface area contributed by atoms with Crippen LogP contribution in [0.4, 0.5) is 5.69 Å². The van der Waals surface area contributed by atoms with Crippen molar-refractivity contribution in [3.8, 4) is 11.5 Å². The van der Waals surface area contributed by atoms with Crippen molar-refractivity contribution in [3.63, 3.8) is 0 Å². The van der Waals surface area contributed by atoms with Crippen molar-refractivity contribution in [1.29, 1.82) is 0 Å². The molecule has 0 unspecified atom stereocenters. The van der Waals surface area contributed by atoms with Gasteiger partial charge in [-0.2, -0.15) is 0 Å². The molecule has 0 atom stereocenters. The second kappa shape index (κ2) is 6.04. The van der Waals surface area contributed by atoms with E-state index in [1.807, 2.05) is 30.3 Å². The molecule has 1 aliphatic heterocycles. The fourth-order valence-corrected chi connectivity index (χ4v) is 2.90. The summed E-state index contributed by atoms with van der Waals surface area (Å²) in [6.45, 7) is 1.35. The summed E-state index contributed by atoms with van der Waals surface area (Å²) in [7, 11) is 1.60. The number of ether oxygens (including phenoxy) is 2. The summed E-state index contributed by atoms with van der Waals surface area (Å²) in [5.74, 6) is 1.60. The van der Waals surface area contributed by atoms with Gasteiger partial charge >= 0.3 is 0 Å². The molecule has 1 aliphatic rings. The molecule has 0 saturated heterocycles. The zero-order valence-corrected chi connectivity index (χ0v) is 13.1. The first-order valence-corrected chi connectivity index (χ1v) is 7.44. The first-order chi connectivity index (χ1) is 10.2. The summed E-state index contributed by atoms with van der Waals surface area (Å²) >= 11 is 12.2. The van der Waals surface area contributed by atoms with Crippen LogP contribution in [0.1, 0.15) is 11.1 Å². The van der Waals surface area contributed by atoms with Crippen LogP contribution in [0.15, 0.2) is 30.3 Å². The van der Waals surface area contributed by atoms with Gasteiger partial charge in [0.05, 0.1) is 18.7 Å². The minimum absolute atomic E-state index is 0.593. The summed E-state index contributed by atoms with van der Waals surface area (Å²) < 4.78 is 10.9. The number of benzene rings is 2. The third-order valence-electron chi connectivity index (χ3n) is 3.46. The summed E-state index contributed by atoms with van der Waals surface area (Å²) in [4.78, 5) is 0. The van der Waals surface area contributed by atoms with E-state index in [2.05, 4.69) is 5.32 Å². The molecule has 21 heavy (non-hydrogen) atoms. The smallest absolute Gasteiger partial charge is 0.139 e. The maximum atomic E-state index is 6.16. The molecular weight excluding hydrogens is 309 g/mol. The van der Waals surface area contributed by atoms with Crippen LogP contribution in [0, 0.1) is 0 Å². The average Bonchev–Trinajstić information content (AvgIpc) is 2.94. The third-order valence-corrected chi connectivity index (χ3v) is 3.99. The van der Waals surface area contributed by atoms with E-state index in [1.54, 1.807) is 7.11 Å². The molecule has 0 spiro atoms. The molecule has 1 heterocycles. The molecule has 0 radical (unpaired) electrons. The normalized spacial score (nSPS) is 12.7. The quantitative estimate of drug-likeness (QED) is 0.895. The topological polar surface area (TPSA) is 30.5 Å². The van der Waals surface area contributed by atoms with Gasteiger partial charge in [-0.1, -0.05) is 23.2 Å². The summed E-state index contributed by atoms with van der Waals surface area (Å²) in [6.07, 6.45) is 0.914. The van der Waals surface area contributed by atoms with E-state index in [0.717, 1.165) is 35.1 Å². The lowest BCUT2D eigenvalue weighted by atomic mass is 10.1. The Morgan fingerprint density at radius 3 is 2.90 bits per heavy atom. The van der Waals surface area contributed by atoms with Crippen molar-refractivity contribution < 1.29 is 9.47 Å². The van der Waals surface area contributed by atoms with Crippen LogP contribution in [0.2, 0.25) is 10.0 Å². The van der Waals surface area contributed by atoms with Crippen LogP contribution in [-0.2, 0) is 13.0 Å². The number of hydrogen-bond donors (Lipinski definition) is 1. The van der Waals surface area contributed by atoms with Gasteiger partial charge < -0.3 is 14.8 Å². The molecule has 1 N–H and O–H groups in total. The predicted molar refractivity (Wildman–Crippen MR) is 86.0 cm³/mol. The van der Waals surface area contributed by atoms with Crippen molar-refractivity contribution >= 4 is 28.9 Å². The Bertz CT molecular complexity index is 674. The standard InChI is InChI=1S/C16H15Cl2NO2/c1-20-15-8-13(2-3-14(15)18)19-9-11-7-12(17)6-10-4-5-21-16(10)11/h2-3,6-8,19H,4-5,9H2,1H3. The van der Waals surface area contributed by atoms with Crippen LogP contribution in [0.25, 0.3) is 0 Å². The van der Waals surface area contributed by atoms with Crippen LogP contribution in [0.5, 0.6) is 11.5 Å². The Balaban J connectivity index is 1.79. The van der Waals surface area contributed by atoms with Gasteiger partial charge in [0.1, 0.15) is 11.5 Å². The van der Waals surface area contributed by atoms with Gasteiger partial charge in [0.15, 0.2) is 0 Å². The third kappa shape index (κ3) is 3.04. The monoisotopic (exact) mass is 323 g/mol. The molecule has 0 bridgehead atoms. The lowest BCUT2D eigenvalue weighted by Gasteiger charge is -2.12. The van der Waals surface area contributed by atoms with E-state index in [9.17, 15) is 0 Å². The first-order valence-electron chi connectivity index (χ1n) is 6.69. The lowest BCUT2D eigenvalue weighted by Crippen LogP contribution is -2.02. The molecule has 3 nitrogen and oxygen atoms in total. The molecule has 2 aromatic rings. The molecule has 0 fully saturated rings. The molecule has 110 valence electrons. The fraction of sp³-hybridized carbons (Fsp3) is 0.250. The number of hydrogen-bond acceptors (Lipinski definition) is 3. The highest BCUT2D eigenvalue weighted by Gasteiger charge is 2.17. The van der Waals surface area contributed by atoms with Gasteiger partial charge in [0.25, 0.3) is 0 Å². The largest absolute Gasteiger partial charge is 0.495 e. The Morgan fingerprint density at radius 1 is 1.24 bits per heavy atom. The predicted octanol–water partition coefficient (Wildman–Crippen LogP) is 4.55. The average molecular weight is 324 g/mol. The molecule has 0 aromatic heterocycles. The van der Waals surface area contributed by atoms with Gasteiger partial charge in [-0.15, -0.1) is 0 Å². The number of rotatable bonds is 4. The minimum atomic E-state index is 0.593. The van der Waals surface area contributed by atoms with Crippen LogP contribution < -0.4 is 14.8 Å². The maximum Gasteiger partial charge on any atom is 0.139 e. The summed E-state index contributed by atoms with van der Waals surface area (Å²) in [5, 5.41) is 4.68. The summed E-state index contributed by atoms with van der Waals surface area (Å²) in [6, 6.07) is 9.50. The van der Waals surface area contributed by atoms with Crippen LogP contribution >= 0.6 is 23.2 Å². The molecule has 0 saturated carbocycles. The second-order valence-corrected chi connectivity index (χ2v) is 5.70. The van der Waals surface area contributed by atoms with Crippen molar-refractivity contribution in [2.24, 2.45) is 0 Å². The van der Waals surface area contributed by atoms with Crippen molar-refractivity contribution in [2.75, 3.05) is 19.0 Å². The number of halogens is 2. The van der Waals surface area contributed by atoms with Crippen LogP contribution in [-0.4, -0.2) is 13.7 Å². The van der Waals surface area contributed by atoms with E-state index >= 15 is 0 Å². The van der Waals surface area contributed by atoms with Crippen molar-refractivity contribution in [3.05, 3.63) is 51.5 Å². The SMILES string of the molecule is COc1cc(NCc2cc(Cl)cc3c2OCC3)ccc1Cl. The molecule has 0 aliphatic carbocycles. The van der Waals surface area contributed by atoms with E-state index in [-0.39, 0.29) is 0 Å². The fourth-order valence-electron chi connectivity index (χ4n) is 2.44. The Hall–Kier alpha value is -1.58. The van der Waals surface area contributed by atoms with Gasteiger partial charge in [0, 0.05) is 35.3 Å². The molecule has 5 heteroatoms. The number of methoxy groups -OCH3 is 1. The minimum Gasteiger partial charge on any atom is -0.495 e. The Labute approximate surface area is 133 Å². The second-order valence-electron chi connectivity index (χ2n) is 4.85. The Morgan fingerprint density at radius 2 is 2.10 bits per heavy atom. The maximum absolute atomic E-state index is 6.16. The number of fused-ring (bicyclic) bond motifs is 1. The molecule has 3 rings (SSSR count). The van der Waals surface area contributed by atoms with E-state index in [1.165, 1.54) is 5.56 Å². The Kier molecular flexibility index (Phi) is 4.13. The summed E-state index contributed by atoms with van der Waals surface area (Å²) in [5.41, 5.74) is 3.17. The number of anilines is 1. The van der Waals surface area contributed by atoms with E-state index in [0.29, 0.717) is 17.3 Å². The molecule has 2 aromatic carbocycles. The zero-order chi connectivity index (χ0) is 14.8. The highest BCUT2D eigenvalue weighted by atomic mass is 35.5. The van der Waals surface area contributed by atoms with E-state index < -0.39 is 0 Å². The van der Waals surface area contributed by atoms with Gasteiger partial charge in [-0.3, -0.25) is 0 Å². The first kappa shape index (κ1) is 14.4. The van der Waals surface area contributed by atoms with Gasteiger partial charge in [0.2, 0.25) is 0 Å². The van der Waals surface area contributed by atoms with Crippen molar-refractivity contribution in [1.82, 2.24) is 0 Å². The highest BCUT2D eigenvalue weighted by molar-refractivity contribution is 6.32. The van der Waals surface area contributed by atoms with Crippen LogP contribution in [0.3, 0.4) is 0 Å².